The highest BCUT2D eigenvalue weighted by Gasteiger charge is 1.96. The Hall–Kier alpha value is -0.810. The molecule has 1 aromatic rings. The molecule has 0 fully saturated rings. The largest absolute Gasteiger partial charge is 0.312 e. The van der Waals surface area contributed by atoms with E-state index in [-0.39, 0.29) is 5.82 Å². The van der Waals surface area contributed by atoms with Crippen LogP contribution in [0.3, 0.4) is 0 Å². The summed E-state index contributed by atoms with van der Waals surface area (Å²) in [6, 6.07) is 1.43. The first-order valence-corrected chi connectivity index (χ1v) is 6.01. The quantitative estimate of drug-likeness (QED) is 0.736. The van der Waals surface area contributed by atoms with Gasteiger partial charge in [-0.25, -0.2) is 4.39 Å². The van der Waals surface area contributed by atoms with Crippen molar-refractivity contribution in [2.45, 2.75) is 6.54 Å². The highest BCUT2D eigenvalue weighted by atomic mass is 32.2. The zero-order valence-corrected chi connectivity index (χ0v) is 8.81. The molecule has 0 aliphatic heterocycles. The zero-order valence-electron chi connectivity index (χ0n) is 8.00. The van der Waals surface area contributed by atoms with E-state index in [0.717, 1.165) is 5.56 Å². The molecule has 0 aliphatic carbocycles. The van der Waals surface area contributed by atoms with Gasteiger partial charge >= 0.3 is 0 Å². The van der Waals surface area contributed by atoms with Gasteiger partial charge in [0.2, 0.25) is 0 Å². The minimum atomic E-state index is -0.780. The molecule has 0 spiro atoms. The maximum atomic E-state index is 12.7. The zero-order chi connectivity index (χ0) is 10.4. The summed E-state index contributed by atoms with van der Waals surface area (Å²) in [6.45, 7) is 1.22. The highest BCUT2D eigenvalue weighted by Crippen LogP contribution is 1.99. The maximum absolute atomic E-state index is 12.7. The number of nitrogens with zero attached hydrogens (tertiary/aromatic N) is 1. The molecule has 1 rings (SSSR count). The number of hydrogen-bond donors (Lipinski definition) is 1. The van der Waals surface area contributed by atoms with E-state index in [1.54, 1.807) is 12.5 Å². The first kappa shape index (κ1) is 11.3. The van der Waals surface area contributed by atoms with Crippen LogP contribution in [0.15, 0.2) is 18.5 Å². The van der Waals surface area contributed by atoms with Gasteiger partial charge in [-0.2, -0.15) is 0 Å². The van der Waals surface area contributed by atoms with Gasteiger partial charge in [0.1, 0.15) is 5.82 Å². The molecule has 0 aliphatic rings. The van der Waals surface area contributed by atoms with Crippen molar-refractivity contribution in [3.8, 4) is 0 Å². The molecule has 1 N–H and O–H groups in total. The summed E-state index contributed by atoms with van der Waals surface area (Å²) in [7, 11) is -0.780. The van der Waals surface area contributed by atoms with Gasteiger partial charge in [0.25, 0.3) is 0 Å². The Morgan fingerprint density at radius 3 is 3.00 bits per heavy atom. The van der Waals surface area contributed by atoms with Crippen LogP contribution in [0.2, 0.25) is 0 Å². The third kappa shape index (κ3) is 4.43. The standard InChI is InChI=1S/C9H13FN2OS/c1-14(13)3-2-11-5-8-4-9(10)7-12-6-8/h4,6-7,11H,2-3,5H2,1H3. The van der Waals surface area contributed by atoms with E-state index in [4.69, 9.17) is 0 Å². The van der Waals surface area contributed by atoms with Gasteiger partial charge in [-0.05, 0) is 11.6 Å². The van der Waals surface area contributed by atoms with Crippen molar-refractivity contribution in [1.29, 1.82) is 0 Å². The van der Waals surface area contributed by atoms with E-state index in [2.05, 4.69) is 10.3 Å². The summed E-state index contributed by atoms with van der Waals surface area (Å²) in [5, 5.41) is 3.06. The van der Waals surface area contributed by atoms with Crippen LogP contribution in [-0.4, -0.2) is 27.7 Å². The number of nitrogens with one attached hydrogen (secondary N) is 1. The monoisotopic (exact) mass is 216 g/mol. The summed E-state index contributed by atoms with van der Waals surface area (Å²) in [4.78, 5) is 3.72. The summed E-state index contributed by atoms with van der Waals surface area (Å²) < 4.78 is 23.4. The van der Waals surface area contributed by atoms with Gasteiger partial charge in [-0.15, -0.1) is 0 Å². The average Bonchev–Trinajstić information content (AvgIpc) is 2.12. The van der Waals surface area contributed by atoms with Crippen molar-refractivity contribution in [1.82, 2.24) is 10.3 Å². The molecule has 0 radical (unpaired) electrons. The normalized spacial score (nSPS) is 12.7. The smallest absolute Gasteiger partial charge is 0.141 e. The van der Waals surface area contributed by atoms with E-state index >= 15 is 0 Å². The molecule has 1 heterocycles. The fourth-order valence-corrected chi connectivity index (χ4v) is 1.43. The van der Waals surface area contributed by atoms with Crippen molar-refractivity contribution in [3.63, 3.8) is 0 Å². The topological polar surface area (TPSA) is 42.0 Å². The fraction of sp³-hybridized carbons (Fsp3) is 0.444. The third-order valence-electron chi connectivity index (χ3n) is 1.66. The molecule has 0 bridgehead atoms. The molecule has 1 unspecified atom stereocenters. The average molecular weight is 216 g/mol. The molecule has 78 valence electrons. The predicted octanol–water partition coefficient (Wildman–Crippen LogP) is 0.689. The highest BCUT2D eigenvalue weighted by molar-refractivity contribution is 7.84. The first-order valence-electron chi connectivity index (χ1n) is 4.28. The lowest BCUT2D eigenvalue weighted by Gasteiger charge is -2.02. The summed E-state index contributed by atoms with van der Waals surface area (Å²) in [5.74, 6) is 0.284. The Balaban J connectivity index is 2.28. The van der Waals surface area contributed by atoms with Gasteiger partial charge in [0.15, 0.2) is 0 Å². The Morgan fingerprint density at radius 2 is 2.36 bits per heavy atom. The van der Waals surface area contributed by atoms with Crippen LogP contribution in [0.5, 0.6) is 0 Å². The summed E-state index contributed by atoms with van der Waals surface area (Å²) in [6.07, 6.45) is 4.44. The molecular weight excluding hydrogens is 203 g/mol. The SMILES string of the molecule is CS(=O)CCNCc1cncc(F)c1. The summed E-state index contributed by atoms with van der Waals surface area (Å²) >= 11 is 0. The lowest BCUT2D eigenvalue weighted by atomic mass is 10.3. The fourth-order valence-electron chi connectivity index (χ4n) is 1.00. The van der Waals surface area contributed by atoms with Crippen LogP contribution < -0.4 is 5.32 Å². The predicted molar refractivity (Wildman–Crippen MR) is 54.8 cm³/mol. The summed E-state index contributed by atoms with van der Waals surface area (Å²) in [5.41, 5.74) is 0.798. The minimum absolute atomic E-state index is 0.330. The molecule has 0 saturated heterocycles. The van der Waals surface area contributed by atoms with E-state index in [1.807, 2.05) is 0 Å². The lowest BCUT2D eigenvalue weighted by molar-refractivity contribution is 0.614. The Bertz CT molecular complexity index is 319. The van der Waals surface area contributed by atoms with Gasteiger partial charge in [-0.1, -0.05) is 0 Å². The molecular formula is C9H13FN2OS. The first-order chi connectivity index (χ1) is 6.68. The Labute approximate surface area is 85.2 Å². The molecule has 1 aromatic heterocycles. The van der Waals surface area contributed by atoms with Crippen LogP contribution in [0.1, 0.15) is 5.56 Å². The molecule has 0 saturated carbocycles. The second-order valence-electron chi connectivity index (χ2n) is 2.97. The van der Waals surface area contributed by atoms with Gasteiger partial charge in [0, 0.05) is 42.1 Å². The van der Waals surface area contributed by atoms with Crippen LogP contribution in [0.25, 0.3) is 0 Å². The maximum Gasteiger partial charge on any atom is 0.141 e. The minimum Gasteiger partial charge on any atom is -0.312 e. The molecule has 3 nitrogen and oxygen atoms in total. The van der Waals surface area contributed by atoms with Crippen LogP contribution in [0.4, 0.5) is 4.39 Å². The number of rotatable bonds is 5. The van der Waals surface area contributed by atoms with Crippen LogP contribution in [-0.2, 0) is 17.3 Å². The molecule has 0 amide bonds. The van der Waals surface area contributed by atoms with Crippen molar-refractivity contribution in [2.24, 2.45) is 0 Å². The van der Waals surface area contributed by atoms with Gasteiger partial charge < -0.3 is 5.32 Å². The molecule has 0 aromatic carbocycles. The number of pyridine rings is 1. The van der Waals surface area contributed by atoms with Crippen molar-refractivity contribution < 1.29 is 8.60 Å². The lowest BCUT2D eigenvalue weighted by Crippen LogP contribution is -2.19. The third-order valence-corrected chi connectivity index (χ3v) is 2.44. The molecule has 1 atom stereocenters. The van der Waals surface area contributed by atoms with E-state index < -0.39 is 10.8 Å². The van der Waals surface area contributed by atoms with Crippen molar-refractivity contribution in [3.05, 3.63) is 29.8 Å². The second kappa shape index (κ2) is 5.82. The number of aromatic nitrogens is 1. The van der Waals surface area contributed by atoms with E-state index in [1.165, 1.54) is 12.3 Å². The Morgan fingerprint density at radius 1 is 1.57 bits per heavy atom. The Kier molecular flexibility index (Phi) is 4.69. The van der Waals surface area contributed by atoms with Crippen LogP contribution >= 0.6 is 0 Å². The van der Waals surface area contributed by atoms with E-state index in [9.17, 15) is 8.60 Å². The number of hydrogen-bond acceptors (Lipinski definition) is 3. The van der Waals surface area contributed by atoms with E-state index in [0.29, 0.717) is 18.8 Å². The van der Waals surface area contributed by atoms with Gasteiger partial charge in [-0.3, -0.25) is 9.19 Å². The van der Waals surface area contributed by atoms with Crippen LogP contribution in [0, 0.1) is 5.82 Å². The van der Waals surface area contributed by atoms with Crippen molar-refractivity contribution in [2.75, 3.05) is 18.6 Å². The van der Waals surface area contributed by atoms with Gasteiger partial charge in [0.05, 0.1) is 6.20 Å². The molecule has 14 heavy (non-hydrogen) atoms. The van der Waals surface area contributed by atoms with Crippen molar-refractivity contribution >= 4 is 10.8 Å². The molecule has 5 heteroatoms. The second-order valence-corrected chi connectivity index (χ2v) is 4.52. The number of halogens is 1.